The van der Waals surface area contributed by atoms with E-state index in [-0.39, 0.29) is 18.4 Å². The van der Waals surface area contributed by atoms with E-state index in [9.17, 15) is 9.59 Å². The van der Waals surface area contributed by atoms with E-state index in [0.29, 0.717) is 10.7 Å². The Bertz CT molecular complexity index is 503. The normalized spacial score (nSPS) is 12.2. The van der Waals surface area contributed by atoms with Gasteiger partial charge in [0.05, 0.1) is 6.54 Å². The van der Waals surface area contributed by atoms with Crippen molar-refractivity contribution in [2.45, 2.75) is 26.8 Å². The number of rotatable bonds is 6. The van der Waals surface area contributed by atoms with Gasteiger partial charge in [0.2, 0.25) is 5.91 Å². The van der Waals surface area contributed by atoms with Crippen LogP contribution in [-0.4, -0.2) is 29.6 Å². The number of hydrogen-bond donors (Lipinski definition) is 3. The summed E-state index contributed by atoms with van der Waals surface area (Å²) in [6.07, 6.45) is 0. The van der Waals surface area contributed by atoms with Gasteiger partial charge in [0.1, 0.15) is 6.04 Å². The van der Waals surface area contributed by atoms with Gasteiger partial charge in [0.15, 0.2) is 0 Å². The second-order valence-corrected chi connectivity index (χ2v) is 5.38. The summed E-state index contributed by atoms with van der Waals surface area (Å²) < 4.78 is 0. The number of hydrogen-bond acceptors (Lipinski definition) is 3. The predicted octanol–water partition coefficient (Wildman–Crippen LogP) is 2.29. The Morgan fingerprint density at radius 2 is 2.00 bits per heavy atom. The van der Waals surface area contributed by atoms with Gasteiger partial charge < -0.3 is 10.4 Å². The number of aryl methyl sites for hydroxylation is 1. The first-order valence-electron chi connectivity index (χ1n) is 6.33. The molecule has 1 amide bonds. The second kappa shape index (κ2) is 7.26. The fourth-order valence-electron chi connectivity index (χ4n) is 1.73. The molecule has 110 valence electrons. The van der Waals surface area contributed by atoms with E-state index >= 15 is 0 Å². The van der Waals surface area contributed by atoms with Gasteiger partial charge in [-0.1, -0.05) is 31.5 Å². The Morgan fingerprint density at radius 1 is 1.35 bits per heavy atom. The summed E-state index contributed by atoms with van der Waals surface area (Å²) in [4.78, 5) is 22.8. The van der Waals surface area contributed by atoms with Crippen molar-refractivity contribution >= 4 is 29.2 Å². The van der Waals surface area contributed by atoms with E-state index in [2.05, 4.69) is 10.6 Å². The van der Waals surface area contributed by atoms with Crippen molar-refractivity contribution in [2.75, 3.05) is 11.9 Å². The Hall–Kier alpha value is -1.59. The number of halogens is 1. The predicted molar refractivity (Wildman–Crippen MR) is 79.1 cm³/mol. The average molecular weight is 299 g/mol. The maximum atomic E-state index is 11.8. The first kappa shape index (κ1) is 16.5. The Labute approximate surface area is 123 Å². The minimum Gasteiger partial charge on any atom is -0.480 e. The average Bonchev–Trinajstić information content (AvgIpc) is 2.33. The molecule has 0 heterocycles. The lowest BCUT2D eigenvalue weighted by Crippen LogP contribution is -2.44. The van der Waals surface area contributed by atoms with Gasteiger partial charge in [0.25, 0.3) is 0 Å². The van der Waals surface area contributed by atoms with Crippen LogP contribution in [0.25, 0.3) is 0 Å². The molecular formula is C14H19ClN2O3. The van der Waals surface area contributed by atoms with Gasteiger partial charge in [-0.3, -0.25) is 14.9 Å². The molecular weight excluding hydrogens is 280 g/mol. The highest BCUT2D eigenvalue weighted by Gasteiger charge is 2.21. The molecule has 0 aliphatic heterocycles. The number of carboxylic acid groups (broad SMARTS) is 1. The molecule has 1 unspecified atom stereocenters. The number of aliphatic carboxylic acids is 1. The topological polar surface area (TPSA) is 78.4 Å². The molecule has 1 aromatic rings. The summed E-state index contributed by atoms with van der Waals surface area (Å²) in [6, 6.07) is 4.45. The maximum absolute atomic E-state index is 11.8. The first-order valence-corrected chi connectivity index (χ1v) is 6.71. The lowest BCUT2D eigenvalue weighted by Gasteiger charge is -2.17. The van der Waals surface area contributed by atoms with Gasteiger partial charge in [-0.15, -0.1) is 0 Å². The third kappa shape index (κ3) is 4.83. The van der Waals surface area contributed by atoms with Crippen LogP contribution in [-0.2, 0) is 9.59 Å². The van der Waals surface area contributed by atoms with Crippen molar-refractivity contribution < 1.29 is 14.7 Å². The number of carboxylic acids is 1. The summed E-state index contributed by atoms with van der Waals surface area (Å²) in [5, 5.41) is 15.0. The second-order valence-electron chi connectivity index (χ2n) is 4.95. The Balaban J connectivity index is 2.60. The van der Waals surface area contributed by atoms with Gasteiger partial charge in [0, 0.05) is 10.7 Å². The lowest BCUT2D eigenvalue weighted by atomic mass is 10.1. The zero-order chi connectivity index (χ0) is 15.3. The third-order valence-electron chi connectivity index (χ3n) is 2.89. The van der Waals surface area contributed by atoms with Crippen molar-refractivity contribution in [3.8, 4) is 0 Å². The molecule has 0 fully saturated rings. The largest absolute Gasteiger partial charge is 0.480 e. The van der Waals surface area contributed by atoms with E-state index in [4.69, 9.17) is 16.7 Å². The summed E-state index contributed by atoms with van der Waals surface area (Å²) in [7, 11) is 0. The van der Waals surface area contributed by atoms with E-state index in [0.717, 1.165) is 5.56 Å². The van der Waals surface area contributed by atoms with E-state index in [1.54, 1.807) is 32.0 Å². The van der Waals surface area contributed by atoms with Crippen LogP contribution in [0.1, 0.15) is 19.4 Å². The molecule has 0 saturated heterocycles. The molecule has 0 saturated carbocycles. The third-order valence-corrected chi connectivity index (χ3v) is 3.12. The monoisotopic (exact) mass is 298 g/mol. The zero-order valence-corrected chi connectivity index (χ0v) is 12.5. The van der Waals surface area contributed by atoms with Gasteiger partial charge in [-0.2, -0.15) is 0 Å². The molecule has 3 N–H and O–H groups in total. The molecule has 0 bridgehead atoms. The van der Waals surface area contributed by atoms with E-state index in [1.165, 1.54) is 0 Å². The van der Waals surface area contributed by atoms with Crippen LogP contribution in [0.2, 0.25) is 5.02 Å². The van der Waals surface area contributed by atoms with Crippen LogP contribution < -0.4 is 10.6 Å². The van der Waals surface area contributed by atoms with Crippen LogP contribution in [0, 0.1) is 12.8 Å². The number of carbonyl (C=O) groups excluding carboxylic acids is 1. The summed E-state index contributed by atoms with van der Waals surface area (Å²) in [5.74, 6) is -1.37. The molecule has 0 spiro atoms. The van der Waals surface area contributed by atoms with Crippen molar-refractivity contribution in [2.24, 2.45) is 5.92 Å². The fraction of sp³-hybridized carbons (Fsp3) is 0.429. The highest BCUT2D eigenvalue weighted by molar-refractivity contribution is 6.31. The molecule has 1 atom stereocenters. The number of carbonyl (C=O) groups is 2. The summed E-state index contributed by atoms with van der Waals surface area (Å²) in [5.41, 5.74) is 1.52. The Morgan fingerprint density at radius 3 is 2.55 bits per heavy atom. The van der Waals surface area contributed by atoms with E-state index < -0.39 is 12.0 Å². The van der Waals surface area contributed by atoms with Gasteiger partial charge >= 0.3 is 5.97 Å². The molecule has 0 aliphatic carbocycles. The molecule has 20 heavy (non-hydrogen) atoms. The smallest absolute Gasteiger partial charge is 0.320 e. The van der Waals surface area contributed by atoms with E-state index in [1.807, 2.05) is 6.92 Å². The lowest BCUT2D eigenvalue weighted by molar-refractivity contribution is -0.140. The highest BCUT2D eigenvalue weighted by atomic mass is 35.5. The van der Waals surface area contributed by atoms with Crippen molar-refractivity contribution in [1.82, 2.24) is 5.32 Å². The number of amides is 1. The number of anilines is 1. The van der Waals surface area contributed by atoms with Crippen LogP contribution >= 0.6 is 11.6 Å². The molecule has 0 radical (unpaired) electrons. The summed E-state index contributed by atoms with van der Waals surface area (Å²) >= 11 is 5.87. The summed E-state index contributed by atoms with van der Waals surface area (Å²) in [6.45, 7) is 5.35. The SMILES string of the molecule is Cc1ccc(Cl)cc1NC(=O)CNC(C(=O)O)C(C)C. The Kier molecular flexibility index (Phi) is 5.98. The maximum Gasteiger partial charge on any atom is 0.320 e. The standard InChI is InChI=1S/C14H19ClN2O3/c1-8(2)13(14(19)20)16-7-12(18)17-11-6-10(15)5-4-9(11)3/h4-6,8,13,16H,7H2,1-3H3,(H,17,18)(H,19,20). The number of nitrogens with one attached hydrogen (secondary N) is 2. The first-order chi connectivity index (χ1) is 9.31. The van der Waals surface area contributed by atoms with Crippen LogP contribution in [0.15, 0.2) is 18.2 Å². The van der Waals surface area contributed by atoms with Gasteiger partial charge in [-0.05, 0) is 30.5 Å². The van der Waals surface area contributed by atoms with Crippen molar-refractivity contribution in [3.05, 3.63) is 28.8 Å². The van der Waals surface area contributed by atoms with Crippen LogP contribution in [0.5, 0.6) is 0 Å². The molecule has 5 nitrogen and oxygen atoms in total. The number of benzene rings is 1. The highest BCUT2D eigenvalue weighted by Crippen LogP contribution is 2.19. The van der Waals surface area contributed by atoms with Gasteiger partial charge in [-0.25, -0.2) is 0 Å². The minimum absolute atomic E-state index is 0.0684. The molecule has 1 rings (SSSR count). The zero-order valence-electron chi connectivity index (χ0n) is 11.7. The molecule has 0 aromatic heterocycles. The minimum atomic E-state index is -0.966. The van der Waals surface area contributed by atoms with Crippen molar-refractivity contribution in [1.29, 1.82) is 0 Å². The van der Waals surface area contributed by atoms with Crippen LogP contribution in [0.3, 0.4) is 0 Å². The molecule has 6 heteroatoms. The molecule has 1 aromatic carbocycles. The fourth-order valence-corrected chi connectivity index (χ4v) is 1.91. The van der Waals surface area contributed by atoms with Crippen molar-refractivity contribution in [3.63, 3.8) is 0 Å². The van der Waals surface area contributed by atoms with Crippen LogP contribution in [0.4, 0.5) is 5.69 Å². The molecule has 0 aliphatic rings. The quantitative estimate of drug-likeness (QED) is 0.753.